The Labute approximate surface area is 160 Å². The van der Waals surface area contributed by atoms with E-state index in [-0.39, 0.29) is 17.7 Å². The van der Waals surface area contributed by atoms with Crippen LogP contribution in [0.2, 0.25) is 0 Å². The molecule has 1 aliphatic rings. The summed E-state index contributed by atoms with van der Waals surface area (Å²) in [5.41, 5.74) is 3.96. The van der Waals surface area contributed by atoms with Crippen LogP contribution in [0.5, 0.6) is 5.75 Å². The van der Waals surface area contributed by atoms with Crippen LogP contribution in [0.15, 0.2) is 42.5 Å². The van der Waals surface area contributed by atoms with Crippen LogP contribution in [-0.2, 0) is 22.4 Å². The number of nitrogens with one attached hydrogen (secondary N) is 1. The van der Waals surface area contributed by atoms with E-state index in [2.05, 4.69) is 5.32 Å². The van der Waals surface area contributed by atoms with E-state index >= 15 is 0 Å². The molecule has 5 heteroatoms. The molecular weight excluding hydrogens is 340 g/mol. The number of benzene rings is 2. The molecule has 0 aliphatic carbocycles. The second-order valence-electron chi connectivity index (χ2n) is 7.13. The summed E-state index contributed by atoms with van der Waals surface area (Å²) in [7, 11) is 1.64. The Morgan fingerprint density at radius 1 is 1.15 bits per heavy atom. The molecule has 1 N–H and O–H groups in total. The van der Waals surface area contributed by atoms with Gasteiger partial charge in [0, 0.05) is 30.3 Å². The maximum Gasteiger partial charge on any atom is 0.229 e. The number of rotatable bonds is 6. The largest absolute Gasteiger partial charge is 0.497 e. The Bertz CT molecular complexity index is 828. The predicted octanol–water partition coefficient (Wildman–Crippen LogP) is 3.81. The van der Waals surface area contributed by atoms with Crippen LogP contribution in [0, 0.1) is 5.92 Å². The summed E-state index contributed by atoms with van der Waals surface area (Å²) in [5, 5.41) is 2.96. The van der Waals surface area contributed by atoms with Gasteiger partial charge in [0.1, 0.15) is 5.75 Å². The Morgan fingerprint density at radius 3 is 2.56 bits per heavy atom. The minimum absolute atomic E-state index is 0.0149. The molecular formula is C22H26N2O3. The molecule has 1 heterocycles. The first-order chi connectivity index (χ1) is 13.0. The van der Waals surface area contributed by atoms with Crippen molar-refractivity contribution in [2.45, 2.75) is 33.1 Å². The first-order valence-electron chi connectivity index (χ1n) is 9.35. The first kappa shape index (κ1) is 19.0. The lowest BCUT2D eigenvalue weighted by Gasteiger charge is -2.19. The smallest absolute Gasteiger partial charge is 0.229 e. The number of ether oxygens (including phenoxy) is 1. The van der Waals surface area contributed by atoms with E-state index in [1.807, 2.05) is 61.2 Å². The molecule has 27 heavy (non-hydrogen) atoms. The second kappa shape index (κ2) is 8.25. The highest BCUT2D eigenvalue weighted by Gasteiger charge is 2.26. The lowest BCUT2D eigenvalue weighted by atomic mass is 10.1. The van der Waals surface area contributed by atoms with Crippen molar-refractivity contribution in [1.82, 2.24) is 0 Å². The average molecular weight is 366 g/mol. The van der Waals surface area contributed by atoms with E-state index in [0.29, 0.717) is 19.4 Å². The maximum absolute atomic E-state index is 12.3. The standard InChI is InChI=1S/C22H26N2O3/c1-15(2)22(26)24-13-12-17-14-18(7-10-20(17)24)23-21(25)11-6-16-4-8-19(27-3)9-5-16/h4-5,7-10,14-15H,6,11-13H2,1-3H3,(H,23,25). The van der Waals surface area contributed by atoms with Crippen LogP contribution in [0.3, 0.4) is 0 Å². The summed E-state index contributed by atoms with van der Waals surface area (Å²) < 4.78 is 5.14. The fraction of sp³-hybridized carbons (Fsp3) is 0.364. The van der Waals surface area contributed by atoms with E-state index in [0.717, 1.165) is 34.7 Å². The SMILES string of the molecule is COc1ccc(CCC(=O)Nc2ccc3c(c2)CCN3C(=O)C(C)C)cc1. The van der Waals surface area contributed by atoms with Gasteiger partial charge in [0.15, 0.2) is 0 Å². The van der Waals surface area contributed by atoms with Gasteiger partial charge in [-0.1, -0.05) is 26.0 Å². The van der Waals surface area contributed by atoms with E-state index in [1.54, 1.807) is 7.11 Å². The van der Waals surface area contributed by atoms with Gasteiger partial charge in [-0.05, 0) is 54.3 Å². The van der Waals surface area contributed by atoms with Crippen molar-refractivity contribution < 1.29 is 14.3 Å². The lowest BCUT2D eigenvalue weighted by Crippen LogP contribution is -2.32. The number of aryl methyl sites for hydroxylation is 1. The summed E-state index contributed by atoms with van der Waals surface area (Å²) >= 11 is 0. The van der Waals surface area contributed by atoms with Crippen molar-refractivity contribution in [3.63, 3.8) is 0 Å². The van der Waals surface area contributed by atoms with Gasteiger partial charge in [-0.3, -0.25) is 9.59 Å². The topological polar surface area (TPSA) is 58.6 Å². The third-order valence-corrected chi connectivity index (χ3v) is 4.82. The second-order valence-corrected chi connectivity index (χ2v) is 7.13. The quantitative estimate of drug-likeness (QED) is 0.846. The molecule has 0 unspecified atom stereocenters. The molecule has 0 bridgehead atoms. The number of hydrogen-bond donors (Lipinski definition) is 1. The van der Waals surface area contributed by atoms with Crippen molar-refractivity contribution in [3.05, 3.63) is 53.6 Å². The molecule has 142 valence electrons. The number of amides is 2. The average Bonchev–Trinajstić information content (AvgIpc) is 3.09. The number of methoxy groups -OCH3 is 1. The van der Waals surface area contributed by atoms with Gasteiger partial charge in [-0.25, -0.2) is 0 Å². The Balaban J connectivity index is 1.58. The van der Waals surface area contributed by atoms with E-state index in [4.69, 9.17) is 4.74 Å². The van der Waals surface area contributed by atoms with E-state index in [1.165, 1.54) is 0 Å². The zero-order chi connectivity index (χ0) is 19.4. The maximum atomic E-state index is 12.3. The van der Waals surface area contributed by atoms with Crippen molar-refractivity contribution in [2.24, 2.45) is 5.92 Å². The molecule has 0 saturated carbocycles. The van der Waals surface area contributed by atoms with Crippen LogP contribution < -0.4 is 15.0 Å². The third kappa shape index (κ3) is 4.48. The number of carbonyl (C=O) groups is 2. The fourth-order valence-corrected chi connectivity index (χ4v) is 3.29. The minimum atomic E-state index is -0.0201. The number of fused-ring (bicyclic) bond motifs is 1. The van der Waals surface area contributed by atoms with E-state index < -0.39 is 0 Å². The van der Waals surface area contributed by atoms with Gasteiger partial charge >= 0.3 is 0 Å². The van der Waals surface area contributed by atoms with Crippen molar-refractivity contribution in [1.29, 1.82) is 0 Å². The molecule has 0 spiro atoms. The molecule has 2 amide bonds. The summed E-state index contributed by atoms with van der Waals surface area (Å²) in [4.78, 5) is 26.4. The van der Waals surface area contributed by atoms with Crippen LogP contribution in [0.25, 0.3) is 0 Å². The van der Waals surface area contributed by atoms with Crippen molar-refractivity contribution in [2.75, 3.05) is 23.9 Å². The Hall–Kier alpha value is -2.82. The van der Waals surface area contributed by atoms with Gasteiger partial charge in [0.2, 0.25) is 11.8 Å². The zero-order valence-corrected chi connectivity index (χ0v) is 16.1. The number of hydrogen-bond acceptors (Lipinski definition) is 3. The minimum Gasteiger partial charge on any atom is -0.497 e. The zero-order valence-electron chi connectivity index (χ0n) is 16.1. The van der Waals surface area contributed by atoms with Crippen molar-refractivity contribution >= 4 is 23.2 Å². The molecule has 2 aromatic carbocycles. The summed E-state index contributed by atoms with van der Waals surface area (Å²) in [6, 6.07) is 13.5. The summed E-state index contributed by atoms with van der Waals surface area (Å²) in [5.74, 6) is 0.920. The molecule has 0 saturated heterocycles. The van der Waals surface area contributed by atoms with Crippen LogP contribution >= 0.6 is 0 Å². The number of carbonyl (C=O) groups excluding carboxylic acids is 2. The van der Waals surface area contributed by atoms with Crippen molar-refractivity contribution in [3.8, 4) is 5.75 Å². The molecule has 0 fully saturated rings. The van der Waals surface area contributed by atoms with Gasteiger partial charge in [-0.15, -0.1) is 0 Å². The number of anilines is 2. The number of nitrogens with zero attached hydrogens (tertiary/aromatic N) is 1. The molecule has 0 radical (unpaired) electrons. The monoisotopic (exact) mass is 366 g/mol. The van der Waals surface area contributed by atoms with Crippen LogP contribution in [0.4, 0.5) is 11.4 Å². The molecule has 5 nitrogen and oxygen atoms in total. The molecule has 1 aliphatic heterocycles. The highest BCUT2D eigenvalue weighted by atomic mass is 16.5. The molecule has 2 aromatic rings. The van der Waals surface area contributed by atoms with Gasteiger partial charge in [0.05, 0.1) is 7.11 Å². The van der Waals surface area contributed by atoms with E-state index in [9.17, 15) is 9.59 Å². The molecule has 0 aromatic heterocycles. The summed E-state index contributed by atoms with van der Waals surface area (Å²) in [6.45, 7) is 4.54. The normalized spacial score (nSPS) is 12.8. The van der Waals surface area contributed by atoms with Gasteiger partial charge in [0.25, 0.3) is 0 Å². The Kier molecular flexibility index (Phi) is 5.79. The lowest BCUT2D eigenvalue weighted by molar-refractivity contribution is -0.121. The fourth-order valence-electron chi connectivity index (χ4n) is 3.29. The third-order valence-electron chi connectivity index (χ3n) is 4.82. The molecule has 3 rings (SSSR count). The van der Waals surface area contributed by atoms with Crippen LogP contribution in [0.1, 0.15) is 31.4 Å². The highest BCUT2D eigenvalue weighted by Crippen LogP contribution is 2.31. The van der Waals surface area contributed by atoms with Crippen LogP contribution in [-0.4, -0.2) is 25.5 Å². The highest BCUT2D eigenvalue weighted by molar-refractivity contribution is 5.97. The Morgan fingerprint density at radius 2 is 1.89 bits per heavy atom. The van der Waals surface area contributed by atoms with Gasteiger partial charge < -0.3 is 15.0 Å². The van der Waals surface area contributed by atoms with Gasteiger partial charge in [-0.2, -0.15) is 0 Å². The molecule has 0 atom stereocenters. The predicted molar refractivity (Wildman–Crippen MR) is 107 cm³/mol. The summed E-state index contributed by atoms with van der Waals surface area (Å²) in [6.07, 6.45) is 1.92. The first-order valence-corrected chi connectivity index (χ1v) is 9.35.